The Hall–Kier alpha value is -5.86. The van der Waals surface area contributed by atoms with Gasteiger partial charge >= 0.3 is 0 Å². The molecule has 1 fully saturated rings. The highest BCUT2D eigenvalue weighted by molar-refractivity contribution is 8.17. The number of fused-ring (bicyclic) bond motifs is 3. The Bertz CT molecular complexity index is 2430. The third-order valence-electron chi connectivity index (χ3n) is 9.95. The van der Waals surface area contributed by atoms with Crippen LogP contribution in [0.25, 0.3) is 34.0 Å². The van der Waals surface area contributed by atoms with E-state index in [2.05, 4.69) is 203 Å². The van der Waals surface area contributed by atoms with Crippen LogP contribution in [0.15, 0.2) is 161 Å². The first-order valence-electron chi connectivity index (χ1n) is 16.8. The highest BCUT2D eigenvalue weighted by Gasteiger charge is 2.48. The summed E-state index contributed by atoms with van der Waals surface area (Å²) in [5.41, 5.74) is 9.27. The van der Waals surface area contributed by atoms with Gasteiger partial charge in [-0.3, -0.25) is 10.0 Å². The van der Waals surface area contributed by atoms with Crippen molar-refractivity contribution < 1.29 is 9.13 Å². The third-order valence-corrected chi connectivity index (χ3v) is 11.0. The van der Waals surface area contributed by atoms with Gasteiger partial charge in [0.15, 0.2) is 23.4 Å². The van der Waals surface area contributed by atoms with Crippen LogP contribution in [0.4, 0.5) is 5.69 Å². The number of aryl methyl sites for hydroxylation is 2. The summed E-state index contributed by atoms with van der Waals surface area (Å²) in [5.74, 6) is 0.940. The molecule has 0 amide bonds. The average Bonchev–Trinajstić information content (AvgIpc) is 3.61. The summed E-state index contributed by atoms with van der Waals surface area (Å²) in [7, 11) is 8.51. The molecule has 6 aromatic rings. The number of thioether (sulfide) groups is 1. The van der Waals surface area contributed by atoms with E-state index in [1.165, 1.54) is 32.9 Å². The molecule has 0 spiro atoms. The largest absolute Gasteiger partial charge is 0.282 e. The van der Waals surface area contributed by atoms with E-state index in [9.17, 15) is 0 Å². The second-order valence-corrected chi connectivity index (χ2v) is 13.9. The number of benzene rings is 4. The first-order valence-corrected chi connectivity index (χ1v) is 17.7. The Morgan fingerprint density at radius 3 is 1.84 bits per heavy atom. The molecule has 1 unspecified atom stereocenters. The van der Waals surface area contributed by atoms with Crippen LogP contribution in [0.2, 0.25) is 0 Å². The van der Waals surface area contributed by atoms with E-state index >= 15 is 0 Å². The molecule has 0 saturated carbocycles. The number of pyridine rings is 2. The van der Waals surface area contributed by atoms with E-state index in [1.807, 2.05) is 0 Å². The van der Waals surface area contributed by atoms with Crippen LogP contribution in [-0.4, -0.2) is 34.3 Å². The van der Waals surface area contributed by atoms with E-state index < -0.39 is 0 Å². The van der Waals surface area contributed by atoms with Gasteiger partial charge in [-0.15, -0.1) is 0 Å². The SMILES string of the molecule is CN1/C(=C\c2cc[n+](C)c3ccccc23)C2=C(N=C3S/C(=C/c4cc[n+](C)c5ccccc45)N(C)N3C2c2ccccc2)N1c1ccccc1. The van der Waals surface area contributed by atoms with Gasteiger partial charge in [0.2, 0.25) is 11.0 Å². The van der Waals surface area contributed by atoms with Crippen molar-refractivity contribution in [2.24, 2.45) is 19.1 Å². The van der Waals surface area contributed by atoms with Gasteiger partial charge in [0.25, 0.3) is 0 Å². The van der Waals surface area contributed by atoms with Gasteiger partial charge in [-0.25, -0.2) is 24.1 Å². The van der Waals surface area contributed by atoms with E-state index in [-0.39, 0.29) is 6.04 Å². The van der Waals surface area contributed by atoms with Crippen LogP contribution in [-0.2, 0) is 14.1 Å². The number of amidine groups is 1. The topological polar surface area (TPSA) is 33.1 Å². The molecule has 0 N–H and O–H groups in total. The smallest absolute Gasteiger partial charge is 0.212 e. The predicted molar refractivity (Wildman–Crippen MR) is 204 cm³/mol. The maximum atomic E-state index is 5.51. The summed E-state index contributed by atoms with van der Waals surface area (Å²) in [5, 5.41) is 13.7. The van der Waals surface area contributed by atoms with Crippen molar-refractivity contribution in [2.75, 3.05) is 19.1 Å². The van der Waals surface area contributed by atoms with Crippen LogP contribution in [0.1, 0.15) is 22.7 Å². The van der Waals surface area contributed by atoms with E-state index in [4.69, 9.17) is 4.99 Å². The molecule has 4 aromatic carbocycles. The van der Waals surface area contributed by atoms with Gasteiger partial charge in [0, 0.05) is 38.4 Å². The molecule has 0 aliphatic carbocycles. The Morgan fingerprint density at radius 1 is 0.640 bits per heavy atom. The minimum Gasteiger partial charge on any atom is -0.282 e. The fraction of sp³-hybridized carbons (Fsp3) is 0.119. The van der Waals surface area contributed by atoms with Crippen molar-refractivity contribution in [3.63, 3.8) is 0 Å². The highest BCUT2D eigenvalue weighted by Crippen LogP contribution is 2.52. The van der Waals surface area contributed by atoms with Gasteiger partial charge < -0.3 is 0 Å². The number of aromatic nitrogens is 2. The molecule has 1 atom stereocenters. The van der Waals surface area contributed by atoms with Crippen molar-refractivity contribution in [3.8, 4) is 0 Å². The third kappa shape index (κ3) is 4.78. The van der Waals surface area contributed by atoms with Crippen molar-refractivity contribution in [1.82, 2.24) is 15.0 Å². The van der Waals surface area contributed by atoms with E-state index in [0.29, 0.717) is 0 Å². The zero-order valence-electron chi connectivity index (χ0n) is 28.5. The van der Waals surface area contributed by atoms with E-state index in [0.717, 1.165) is 38.5 Å². The second kappa shape index (κ2) is 11.9. The molecule has 2 aromatic heterocycles. The van der Waals surface area contributed by atoms with Gasteiger partial charge in [-0.2, -0.15) is 0 Å². The number of hydrazine groups is 2. The maximum absolute atomic E-state index is 5.51. The van der Waals surface area contributed by atoms with Crippen molar-refractivity contribution >= 4 is 56.6 Å². The Morgan fingerprint density at radius 2 is 1.20 bits per heavy atom. The number of nitrogens with zero attached hydrogens (tertiary/aromatic N) is 7. The number of anilines is 1. The number of rotatable bonds is 4. The van der Waals surface area contributed by atoms with Crippen LogP contribution in [0.3, 0.4) is 0 Å². The van der Waals surface area contributed by atoms with E-state index in [1.54, 1.807) is 11.8 Å². The van der Waals surface area contributed by atoms with Gasteiger partial charge in [0.05, 0.1) is 32.8 Å². The number of para-hydroxylation sites is 3. The molecular formula is C42H37N7S+2. The summed E-state index contributed by atoms with van der Waals surface area (Å²) < 4.78 is 4.36. The fourth-order valence-corrected chi connectivity index (χ4v) is 8.49. The monoisotopic (exact) mass is 671 g/mol. The molecular weight excluding hydrogens is 635 g/mol. The van der Waals surface area contributed by atoms with Crippen LogP contribution >= 0.6 is 11.8 Å². The normalized spacial score (nSPS) is 18.9. The molecule has 0 bridgehead atoms. The molecule has 3 aliphatic heterocycles. The zero-order chi connectivity index (χ0) is 33.9. The summed E-state index contributed by atoms with van der Waals surface area (Å²) in [6.07, 6.45) is 8.93. The molecule has 0 radical (unpaired) electrons. The van der Waals surface area contributed by atoms with Crippen LogP contribution in [0.5, 0.6) is 0 Å². The average molecular weight is 672 g/mol. The van der Waals surface area contributed by atoms with Crippen molar-refractivity contribution in [1.29, 1.82) is 0 Å². The minimum atomic E-state index is -0.124. The first kappa shape index (κ1) is 30.2. The standard InChI is InChI=1S/C42H37N7S/c1-44-25-23-30(33-19-11-13-21-35(33)44)27-37-39-40(29-15-7-5-8-16-29)49-42(43-41(39)48(46(37)3)32-17-9-6-10-18-32)50-38(47(49)4)28-31-24-26-45(2)36-22-14-12-20-34(31)36/h5-28,40H,1-4H3/q+2. The first-order chi connectivity index (χ1) is 24.5. The highest BCUT2D eigenvalue weighted by atomic mass is 32.2. The second-order valence-electron chi connectivity index (χ2n) is 12.9. The number of aliphatic imine (C=N–C) groups is 1. The molecule has 5 heterocycles. The van der Waals surface area contributed by atoms with Crippen molar-refractivity contribution in [3.05, 3.63) is 173 Å². The summed E-state index contributed by atoms with van der Waals surface area (Å²) in [6, 6.07) is 42.9. The number of hydrogen-bond acceptors (Lipinski definition) is 6. The van der Waals surface area contributed by atoms with Gasteiger partial charge in [-0.1, -0.05) is 72.8 Å². The number of hydrogen-bond donors (Lipinski definition) is 0. The Kier molecular flexibility index (Phi) is 7.21. The summed E-state index contributed by atoms with van der Waals surface area (Å²) in [4.78, 5) is 5.51. The maximum Gasteiger partial charge on any atom is 0.212 e. The lowest BCUT2D eigenvalue weighted by Crippen LogP contribution is -2.42. The predicted octanol–water partition coefficient (Wildman–Crippen LogP) is 7.57. The Labute approximate surface area is 296 Å². The number of likely N-dealkylation sites (N-methyl/N-ethyl adjacent to an activating group) is 1. The van der Waals surface area contributed by atoms with Crippen LogP contribution in [0, 0.1) is 0 Å². The van der Waals surface area contributed by atoms with Gasteiger partial charge in [-0.05, 0) is 64.9 Å². The zero-order valence-corrected chi connectivity index (χ0v) is 29.3. The molecule has 7 nitrogen and oxygen atoms in total. The lowest BCUT2D eigenvalue weighted by Gasteiger charge is -2.38. The summed E-state index contributed by atoms with van der Waals surface area (Å²) in [6.45, 7) is 0. The lowest BCUT2D eigenvalue weighted by atomic mass is 9.93. The summed E-state index contributed by atoms with van der Waals surface area (Å²) >= 11 is 1.72. The molecule has 3 aliphatic rings. The Balaban J connectivity index is 1.25. The quantitative estimate of drug-likeness (QED) is 0.181. The van der Waals surface area contributed by atoms with Gasteiger partial charge in [0.1, 0.15) is 20.1 Å². The molecule has 9 rings (SSSR count). The van der Waals surface area contributed by atoms with Crippen molar-refractivity contribution in [2.45, 2.75) is 6.04 Å². The fourth-order valence-electron chi connectivity index (χ4n) is 7.44. The molecule has 244 valence electrons. The lowest BCUT2D eigenvalue weighted by molar-refractivity contribution is -0.645. The minimum absolute atomic E-state index is 0.124. The molecule has 50 heavy (non-hydrogen) atoms. The van der Waals surface area contributed by atoms with Crippen LogP contribution < -0.4 is 14.1 Å². The molecule has 1 saturated heterocycles. The molecule has 8 heteroatoms.